The predicted octanol–water partition coefficient (Wildman–Crippen LogP) is 4.73. The third-order valence-electron chi connectivity index (χ3n) is 7.21. The number of urea groups is 1. The number of amides is 2. The number of fused-ring (bicyclic) bond motifs is 1. The Morgan fingerprint density at radius 2 is 1.80 bits per heavy atom. The fraction of sp³-hybridized carbons (Fsp3) is 0.290. The minimum atomic E-state index is -0.750. The molecule has 0 unspecified atom stereocenters. The summed E-state index contributed by atoms with van der Waals surface area (Å²) in [6.07, 6.45) is 3.00. The van der Waals surface area contributed by atoms with E-state index >= 15 is 8.78 Å². The molecule has 0 radical (unpaired) electrons. The maximum absolute atomic E-state index is 15.1. The largest absolute Gasteiger partial charge is 0.494 e. The molecule has 2 amide bonds. The van der Waals surface area contributed by atoms with Gasteiger partial charge >= 0.3 is 6.03 Å². The van der Waals surface area contributed by atoms with Crippen LogP contribution in [0.4, 0.5) is 36.7 Å². The molecule has 1 saturated heterocycles. The molecule has 3 N–H and O–H groups in total. The van der Waals surface area contributed by atoms with Crippen LogP contribution in [0.2, 0.25) is 0 Å². The Kier molecular flexibility index (Phi) is 9.10. The Bertz CT molecular complexity index is 1820. The molecule has 15 heteroatoms. The lowest BCUT2D eigenvalue weighted by atomic mass is 10.1. The van der Waals surface area contributed by atoms with Crippen molar-refractivity contribution in [2.24, 2.45) is 0 Å². The number of ether oxygens (including phenoxy) is 2. The second-order valence-corrected chi connectivity index (χ2v) is 10.2. The van der Waals surface area contributed by atoms with E-state index in [1.165, 1.54) is 11.0 Å². The van der Waals surface area contributed by atoms with Gasteiger partial charge in [0.1, 0.15) is 40.9 Å². The van der Waals surface area contributed by atoms with E-state index in [9.17, 15) is 4.79 Å². The summed E-state index contributed by atoms with van der Waals surface area (Å²) < 4.78 is 42.6. The maximum Gasteiger partial charge on any atom is 0.320 e. The van der Waals surface area contributed by atoms with Gasteiger partial charge < -0.3 is 25.0 Å². The third-order valence-corrected chi connectivity index (χ3v) is 7.21. The zero-order valence-corrected chi connectivity index (χ0v) is 25.3. The van der Waals surface area contributed by atoms with Gasteiger partial charge in [-0.3, -0.25) is 10.00 Å². The molecule has 13 nitrogen and oxygen atoms in total. The van der Waals surface area contributed by atoms with E-state index in [4.69, 9.17) is 24.5 Å². The lowest BCUT2D eigenvalue weighted by molar-refractivity contribution is 0.123. The minimum absolute atomic E-state index is 0.108. The van der Waals surface area contributed by atoms with E-state index < -0.39 is 17.7 Å². The summed E-state index contributed by atoms with van der Waals surface area (Å²) in [5, 5.41) is 14.3. The molecule has 5 aromatic rings. The zero-order valence-electron chi connectivity index (χ0n) is 25.3. The molecular formula is C31H32F2N10O3. The number of aromatic nitrogens is 6. The third kappa shape index (κ3) is 6.49. The molecule has 3 aromatic heterocycles. The van der Waals surface area contributed by atoms with Crippen LogP contribution in [0.25, 0.3) is 22.4 Å². The van der Waals surface area contributed by atoms with E-state index in [1.807, 2.05) is 30.0 Å². The quantitative estimate of drug-likeness (QED) is 0.198. The number of benzene rings is 2. The average molecular weight is 631 g/mol. The number of anilines is 4. The number of rotatable bonds is 10. The molecule has 1 fully saturated rings. The molecule has 46 heavy (non-hydrogen) atoms. The smallest absolute Gasteiger partial charge is 0.320 e. The lowest BCUT2D eigenvalue weighted by Gasteiger charge is -2.31. The topological polar surface area (TPSA) is 144 Å². The van der Waals surface area contributed by atoms with Crippen molar-refractivity contribution >= 4 is 40.1 Å². The van der Waals surface area contributed by atoms with Crippen molar-refractivity contribution in [2.75, 3.05) is 55.0 Å². The van der Waals surface area contributed by atoms with Gasteiger partial charge in [-0.05, 0) is 26.0 Å². The molecule has 238 valence electrons. The van der Waals surface area contributed by atoms with Gasteiger partial charge in [-0.2, -0.15) is 5.10 Å². The van der Waals surface area contributed by atoms with Gasteiger partial charge in [0, 0.05) is 48.9 Å². The van der Waals surface area contributed by atoms with Crippen molar-refractivity contribution in [3.8, 4) is 17.3 Å². The number of carbonyl (C=O) groups is 1. The summed E-state index contributed by atoms with van der Waals surface area (Å²) in [5.74, 6) is -0.160. The van der Waals surface area contributed by atoms with Crippen LogP contribution in [-0.2, 0) is 11.3 Å². The van der Waals surface area contributed by atoms with Crippen LogP contribution in [0.1, 0.15) is 19.4 Å². The predicted molar refractivity (Wildman–Crippen MR) is 168 cm³/mol. The summed E-state index contributed by atoms with van der Waals surface area (Å²) in [6, 6.07) is 10.8. The van der Waals surface area contributed by atoms with Crippen LogP contribution in [0.5, 0.6) is 5.75 Å². The van der Waals surface area contributed by atoms with E-state index in [2.05, 4.69) is 25.9 Å². The van der Waals surface area contributed by atoms with Crippen LogP contribution in [0.15, 0.2) is 55.0 Å². The van der Waals surface area contributed by atoms with Crippen LogP contribution < -0.4 is 25.6 Å². The maximum atomic E-state index is 15.1. The Morgan fingerprint density at radius 3 is 2.52 bits per heavy atom. The van der Waals surface area contributed by atoms with Crippen LogP contribution in [-0.4, -0.2) is 75.2 Å². The number of para-hydroxylation sites is 1. The number of morpholine rings is 1. The summed E-state index contributed by atoms with van der Waals surface area (Å²) in [4.78, 5) is 32.8. The Morgan fingerprint density at radius 1 is 1.04 bits per heavy atom. The first-order valence-electron chi connectivity index (χ1n) is 14.8. The van der Waals surface area contributed by atoms with Crippen molar-refractivity contribution in [2.45, 2.75) is 20.4 Å². The van der Waals surface area contributed by atoms with Gasteiger partial charge in [-0.15, -0.1) is 0 Å². The molecular weight excluding hydrogens is 598 g/mol. The number of hydrogen-bond acceptors (Lipinski definition) is 10. The summed E-state index contributed by atoms with van der Waals surface area (Å²) in [6.45, 7) is 6.03. The average Bonchev–Trinajstić information content (AvgIpc) is 3.42. The monoisotopic (exact) mass is 630 g/mol. The molecule has 0 spiro atoms. The molecule has 0 saturated carbocycles. The van der Waals surface area contributed by atoms with Gasteiger partial charge in [-0.25, -0.2) is 33.5 Å². The molecule has 0 atom stereocenters. The number of nitrogens with zero attached hydrogens (tertiary/aromatic N) is 7. The van der Waals surface area contributed by atoms with Gasteiger partial charge in [0.05, 0.1) is 31.9 Å². The number of nitrogens with one attached hydrogen (secondary N) is 3. The van der Waals surface area contributed by atoms with E-state index in [1.54, 1.807) is 25.3 Å². The fourth-order valence-electron chi connectivity index (χ4n) is 5.16. The van der Waals surface area contributed by atoms with Crippen molar-refractivity contribution in [1.82, 2.24) is 35.0 Å². The molecule has 4 heterocycles. The van der Waals surface area contributed by atoms with Gasteiger partial charge in [0.25, 0.3) is 0 Å². The van der Waals surface area contributed by atoms with E-state index in [0.29, 0.717) is 66.8 Å². The molecule has 2 aromatic carbocycles. The highest BCUT2D eigenvalue weighted by molar-refractivity contribution is 5.97. The number of carbonyl (C=O) groups excluding carboxylic acids is 1. The Hall–Kier alpha value is -5.44. The van der Waals surface area contributed by atoms with Crippen LogP contribution in [0, 0.1) is 11.6 Å². The SMILES string of the molecule is CCNC(=O)Nc1nc(-c2nn(Cc3c(F)cc(OCC)cc3F)c3ccccc23)nc(Nc2ccncn2)c1N1CCOCC1. The first-order valence-corrected chi connectivity index (χ1v) is 14.8. The first kappa shape index (κ1) is 30.6. The van der Waals surface area contributed by atoms with Gasteiger partial charge in [-0.1, -0.05) is 18.2 Å². The number of halogens is 2. The normalized spacial score (nSPS) is 13.1. The van der Waals surface area contributed by atoms with E-state index in [0.717, 1.165) is 12.1 Å². The zero-order chi connectivity index (χ0) is 32.0. The summed E-state index contributed by atoms with van der Waals surface area (Å²) >= 11 is 0. The fourth-order valence-corrected chi connectivity index (χ4v) is 5.16. The summed E-state index contributed by atoms with van der Waals surface area (Å²) in [7, 11) is 0. The lowest BCUT2D eigenvalue weighted by Crippen LogP contribution is -2.38. The van der Waals surface area contributed by atoms with E-state index in [-0.39, 0.29) is 36.1 Å². The highest BCUT2D eigenvalue weighted by atomic mass is 19.1. The second kappa shape index (κ2) is 13.7. The highest BCUT2D eigenvalue weighted by Gasteiger charge is 2.27. The molecule has 1 aliphatic rings. The van der Waals surface area contributed by atoms with Crippen molar-refractivity contribution < 1.29 is 23.0 Å². The van der Waals surface area contributed by atoms with Gasteiger partial charge in [0.2, 0.25) is 0 Å². The van der Waals surface area contributed by atoms with Crippen LogP contribution >= 0.6 is 0 Å². The van der Waals surface area contributed by atoms with Gasteiger partial charge in [0.15, 0.2) is 17.5 Å². The molecule has 6 rings (SSSR count). The number of hydrogen-bond donors (Lipinski definition) is 3. The molecule has 0 aliphatic carbocycles. The molecule has 0 bridgehead atoms. The minimum Gasteiger partial charge on any atom is -0.494 e. The highest BCUT2D eigenvalue weighted by Crippen LogP contribution is 2.37. The van der Waals surface area contributed by atoms with Crippen molar-refractivity contribution in [3.63, 3.8) is 0 Å². The first-order chi connectivity index (χ1) is 22.4. The van der Waals surface area contributed by atoms with Crippen molar-refractivity contribution in [3.05, 3.63) is 72.2 Å². The molecule has 1 aliphatic heterocycles. The Labute approximate surface area is 263 Å². The Balaban J connectivity index is 1.50. The van der Waals surface area contributed by atoms with Crippen LogP contribution in [0.3, 0.4) is 0 Å². The van der Waals surface area contributed by atoms with Crippen molar-refractivity contribution in [1.29, 1.82) is 0 Å². The summed E-state index contributed by atoms with van der Waals surface area (Å²) in [5.41, 5.74) is 1.32. The second-order valence-electron chi connectivity index (χ2n) is 10.2. The standard InChI is InChI=1S/C31H32F2N10O3/c1-3-35-31(44)40-30-27(42-11-13-45-14-12-42)29(37-25-9-10-34-18-36-25)38-28(39-30)26-20-7-5-6-8-24(20)43(41-26)17-21-22(32)15-19(46-4-2)16-23(21)33/h5-10,15-16,18H,3-4,11-14,17H2,1-2H3,(H3,34,35,36,37,38,39,40,44).